The monoisotopic (exact) mass is 477 g/mol. The van der Waals surface area contributed by atoms with Gasteiger partial charge < -0.3 is 14.5 Å². The Balaban J connectivity index is 1.11. The molecule has 35 heavy (non-hydrogen) atoms. The average Bonchev–Trinajstić information content (AvgIpc) is 2.90. The number of aliphatic imine (C=N–C) groups is 2. The van der Waals surface area contributed by atoms with E-state index in [2.05, 4.69) is 30.1 Å². The molecule has 4 aliphatic heterocycles. The number of carbonyl (C=O) groups is 2. The van der Waals surface area contributed by atoms with Crippen molar-refractivity contribution in [1.82, 2.24) is 14.8 Å². The van der Waals surface area contributed by atoms with Crippen LogP contribution in [0.2, 0.25) is 0 Å². The van der Waals surface area contributed by atoms with Crippen LogP contribution >= 0.6 is 0 Å². The molecule has 3 amide bonds. The Morgan fingerprint density at radius 3 is 2.66 bits per heavy atom. The largest absolute Gasteiger partial charge is 0.378 e. The first-order valence-corrected chi connectivity index (χ1v) is 12.2. The van der Waals surface area contributed by atoms with Crippen molar-refractivity contribution in [2.75, 3.05) is 69.2 Å². The maximum atomic E-state index is 12.3. The van der Waals surface area contributed by atoms with Crippen molar-refractivity contribution in [3.8, 4) is 0 Å². The van der Waals surface area contributed by atoms with Gasteiger partial charge in [0.15, 0.2) is 0 Å². The summed E-state index contributed by atoms with van der Waals surface area (Å²) < 4.78 is 5.29. The van der Waals surface area contributed by atoms with Gasteiger partial charge in [-0.25, -0.2) is 14.8 Å². The number of anilines is 2. The minimum atomic E-state index is -0.139. The fraction of sp³-hybridized carbons (Fsp3) is 0.480. The summed E-state index contributed by atoms with van der Waals surface area (Å²) in [5.74, 6) is 0.413. The van der Waals surface area contributed by atoms with Crippen LogP contribution in [0.1, 0.15) is 13.3 Å². The summed E-state index contributed by atoms with van der Waals surface area (Å²) in [6, 6.07) is 3.59. The molecule has 1 N–H and O–H groups in total. The third kappa shape index (κ3) is 5.49. The standard InChI is InChI=1S/C25H31N7O3/c1-2-19-14-21-22(28-24(19)33)13-18(15-26-21)17-30-5-7-31(8-6-30)20-3-4-23(27-16-20)29-25(34)32-9-11-35-12-10-32/h3-4,13-16,21H,2,5-12,17H2,1H3,(H,27,29,34). The van der Waals surface area contributed by atoms with Gasteiger partial charge >= 0.3 is 6.03 Å². The summed E-state index contributed by atoms with van der Waals surface area (Å²) in [6.45, 7) is 8.68. The predicted molar refractivity (Wildman–Crippen MR) is 135 cm³/mol. The number of fused-ring (bicyclic) bond motifs is 1. The first kappa shape index (κ1) is 23.4. The minimum Gasteiger partial charge on any atom is -0.378 e. The van der Waals surface area contributed by atoms with Crippen molar-refractivity contribution in [2.45, 2.75) is 19.4 Å². The zero-order valence-electron chi connectivity index (χ0n) is 20.0. The minimum absolute atomic E-state index is 0.127. The van der Waals surface area contributed by atoms with Crippen LogP contribution in [-0.4, -0.2) is 104 Å². The Labute approximate surface area is 205 Å². The van der Waals surface area contributed by atoms with Crippen LogP contribution in [0.15, 0.2) is 51.6 Å². The van der Waals surface area contributed by atoms with Crippen molar-refractivity contribution >= 4 is 35.4 Å². The van der Waals surface area contributed by atoms with E-state index in [0.717, 1.165) is 55.3 Å². The van der Waals surface area contributed by atoms with Gasteiger partial charge in [-0.2, -0.15) is 0 Å². The fourth-order valence-corrected chi connectivity index (χ4v) is 4.62. The normalized spacial score (nSPS) is 22.8. The highest BCUT2D eigenvalue weighted by atomic mass is 16.5. The smallest absolute Gasteiger partial charge is 0.323 e. The second-order valence-electron chi connectivity index (χ2n) is 9.02. The second kappa shape index (κ2) is 10.5. The first-order chi connectivity index (χ1) is 17.1. The molecule has 1 aromatic rings. The number of ether oxygens (including phenoxy) is 1. The van der Waals surface area contributed by atoms with E-state index in [0.29, 0.717) is 38.5 Å². The van der Waals surface area contributed by atoms with E-state index in [9.17, 15) is 9.59 Å². The maximum absolute atomic E-state index is 12.3. The molecule has 0 aliphatic carbocycles. The lowest BCUT2D eigenvalue weighted by atomic mass is 9.98. The number of dihydropyridines is 2. The zero-order valence-corrected chi connectivity index (χ0v) is 20.0. The van der Waals surface area contributed by atoms with E-state index in [-0.39, 0.29) is 18.0 Å². The molecule has 0 aromatic carbocycles. The third-order valence-corrected chi connectivity index (χ3v) is 6.71. The molecule has 1 atom stereocenters. The number of rotatable bonds is 5. The molecule has 0 bridgehead atoms. The van der Waals surface area contributed by atoms with Gasteiger partial charge in [-0.15, -0.1) is 0 Å². The number of pyridine rings is 1. The van der Waals surface area contributed by atoms with E-state index in [1.807, 2.05) is 43.6 Å². The van der Waals surface area contributed by atoms with Crippen LogP contribution in [-0.2, 0) is 9.53 Å². The van der Waals surface area contributed by atoms with Crippen molar-refractivity contribution in [1.29, 1.82) is 0 Å². The van der Waals surface area contributed by atoms with E-state index in [1.54, 1.807) is 4.90 Å². The summed E-state index contributed by atoms with van der Waals surface area (Å²) in [6.07, 6.45) is 8.37. The van der Waals surface area contributed by atoms with Crippen LogP contribution < -0.4 is 10.2 Å². The second-order valence-corrected chi connectivity index (χ2v) is 9.02. The molecule has 2 saturated heterocycles. The van der Waals surface area contributed by atoms with Crippen molar-refractivity contribution in [3.05, 3.63) is 41.6 Å². The number of piperazine rings is 1. The molecule has 10 heteroatoms. The predicted octanol–water partition coefficient (Wildman–Crippen LogP) is 1.76. The van der Waals surface area contributed by atoms with Gasteiger partial charge in [-0.05, 0) is 36.3 Å². The van der Waals surface area contributed by atoms with Gasteiger partial charge in [0.1, 0.15) is 11.9 Å². The zero-order chi connectivity index (χ0) is 24.2. The van der Waals surface area contributed by atoms with Gasteiger partial charge in [0.05, 0.1) is 30.8 Å². The summed E-state index contributed by atoms with van der Waals surface area (Å²) in [5, 5.41) is 2.86. The lowest BCUT2D eigenvalue weighted by Gasteiger charge is -2.36. The highest BCUT2D eigenvalue weighted by Gasteiger charge is 2.25. The molecule has 0 spiro atoms. The van der Waals surface area contributed by atoms with Crippen LogP contribution in [0.25, 0.3) is 0 Å². The molecule has 5 heterocycles. The van der Waals surface area contributed by atoms with Crippen molar-refractivity contribution in [2.24, 2.45) is 9.98 Å². The average molecular weight is 478 g/mol. The van der Waals surface area contributed by atoms with Crippen LogP contribution in [0.5, 0.6) is 0 Å². The molecule has 1 unspecified atom stereocenters. The summed E-state index contributed by atoms with van der Waals surface area (Å²) in [7, 11) is 0. The number of nitrogens with one attached hydrogen (secondary N) is 1. The quantitative estimate of drug-likeness (QED) is 0.693. The van der Waals surface area contributed by atoms with Crippen LogP contribution in [0.3, 0.4) is 0 Å². The lowest BCUT2D eigenvalue weighted by molar-refractivity contribution is -0.114. The highest BCUT2D eigenvalue weighted by molar-refractivity contribution is 6.16. The molecule has 0 radical (unpaired) electrons. The Kier molecular flexibility index (Phi) is 7.01. The molecular weight excluding hydrogens is 446 g/mol. The molecular formula is C25H31N7O3. The SMILES string of the molecule is CCC1=CC2N=CC(CN3CCN(c4ccc(NC(=O)N5CCOCC5)nc4)CC3)=CC2=NC1=O. The first-order valence-electron chi connectivity index (χ1n) is 12.2. The van der Waals surface area contributed by atoms with E-state index < -0.39 is 0 Å². The van der Waals surface area contributed by atoms with Gasteiger partial charge in [0.2, 0.25) is 0 Å². The van der Waals surface area contributed by atoms with Crippen molar-refractivity contribution in [3.63, 3.8) is 0 Å². The summed E-state index contributed by atoms with van der Waals surface area (Å²) in [4.78, 5) is 44.2. The third-order valence-electron chi connectivity index (χ3n) is 6.71. The van der Waals surface area contributed by atoms with E-state index in [1.165, 1.54) is 0 Å². The number of hydrogen-bond acceptors (Lipinski definition) is 7. The molecule has 5 rings (SSSR count). The molecule has 1 aromatic heterocycles. The van der Waals surface area contributed by atoms with Crippen molar-refractivity contribution < 1.29 is 14.3 Å². The number of morpholine rings is 1. The summed E-state index contributed by atoms with van der Waals surface area (Å²) >= 11 is 0. The topological polar surface area (TPSA) is 103 Å². The highest BCUT2D eigenvalue weighted by Crippen LogP contribution is 2.21. The maximum Gasteiger partial charge on any atom is 0.323 e. The van der Waals surface area contributed by atoms with Crippen LogP contribution in [0, 0.1) is 0 Å². The Morgan fingerprint density at radius 2 is 1.94 bits per heavy atom. The number of amides is 3. The number of carbonyl (C=O) groups excluding carboxylic acids is 2. The molecule has 2 fully saturated rings. The lowest BCUT2D eigenvalue weighted by Crippen LogP contribution is -2.47. The van der Waals surface area contributed by atoms with Gasteiger partial charge in [-0.3, -0.25) is 20.0 Å². The molecule has 10 nitrogen and oxygen atoms in total. The Hall–Kier alpha value is -3.37. The van der Waals surface area contributed by atoms with Crippen LogP contribution in [0.4, 0.5) is 16.3 Å². The van der Waals surface area contributed by atoms with Gasteiger partial charge in [0, 0.05) is 57.6 Å². The molecule has 0 saturated carbocycles. The van der Waals surface area contributed by atoms with E-state index >= 15 is 0 Å². The number of hydrogen-bond donors (Lipinski definition) is 1. The Bertz CT molecular complexity index is 1080. The van der Waals surface area contributed by atoms with E-state index in [4.69, 9.17) is 4.74 Å². The van der Waals surface area contributed by atoms with Gasteiger partial charge in [0.25, 0.3) is 5.91 Å². The number of nitrogens with zero attached hydrogens (tertiary/aromatic N) is 6. The summed E-state index contributed by atoms with van der Waals surface area (Å²) in [5.41, 5.74) is 3.61. The molecule has 184 valence electrons. The fourth-order valence-electron chi connectivity index (χ4n) is 4.62. The Morgan fingerprint density at radius 1 is 1.14 bits per heavy atom. The molecule has 4 aliphatic rings. The number of aromatic nitrogens is 1. The number of urea groups is 1. The van der Waals surface area contributed by atoms with Gasteiger partial charge in [-0.1, -0.05) is 6.92 Å².